The lowest BCUT2D eigenvalue weighted by atomic mass is 10.1. The highest BCUT2D eigenvalue weighted by molar-refractivity contribution is 6.31. The number of piperidine rings is 1. The summed E-state index contributed by atoms with van der Waals surface area (Å²) in [6.45, 7) is 4.89. The molecule has 1 aromatic rings. The van der Waals surface area contributed by atoms with Crippen molar-refractivity contribution in [3.8, 4) is 5.75 Å². The van der Waals surface area contributed by atoms with E-state index in [1.165, 1.54) is 0 Å². The van der Waals surface area contributed by atoms with E-state index in [0.717, 1.165) is 45.6 Å². The van der Waals surface area contributed by atoms with Gasteiger partial charge in [-0.2, -0.15) is 0 Å². The molecule has 2 aliphatic rings. The van der Waals surface area contributed by atoms with Crippen molar-refractivity contribution in [1.29, 1.82) is 0 Å². The summed E-state index contributed by atoms with van der Waals surface area (Å²) < 4.78 is 5.98. The maximum atomic E-state index is 12.7. The van der Waals surface area contributed by atoms with Crippen molar-refractivity contribution in [2.75, 3.05) is 46.3 Å². The Kier molecular flexibility index (Phi) is 5.23. The summed E-state index contributed by atoms with van der Waals surface area (Å²) >= 11 is 6.10. The first-order valence-electron chi connectivity index (χ1n) is 8.12. The number of carbonyl (C=O) groups excluding carboxylic acids is 1. The van der Waals surface area contributed by atoms with Gasteiger partial charge in [-0.1, -0.05) is 11.6 Å². The predicted octanol–water partition coefficient (Wildman–Crippen LogP) is 1.95. The molecule has 0 radical (unpaired) electrons. The van der Waals surface area contributed by atoms with E-state index in [4.69, 9.17) is 16.3 Å². The van der Waals surface area contributed by atoms with Crippen LogP contribution in [0.15, 0.2) is 18.5 Å². The Morgan fingerprint density at radius 1 is 1.26 bits per heavy atom. The summed E-state index contributed by atoms with van der Waals surface area (Å²) in [5.41, 5.74) is 0. The first-order chi connectivity index (χ1) is 11.1. The van der Waals surface area contributed by atoms with Crippen molar-refractivity contribution < 1.29 is 9.53 Å². The molecule has 0 aliphatic carbocycles. The third-order valence-corrected chi connectivity index (χ3v) is 4.74. The molecule has 0 aromatic carbocycles. The van der Waals surface area contributed by atoms with E-state index in [-0.39, 0.29) is 12.1 Å². The van der Waals surface area contributed by atoms with Gasteiger partial charge < -0.3 is 19.4 Å². The summed E-state index contributed by atoms with van der Waals surface area (Å²) in [7, 11) is 2.09. The molecule has 1 aromatic heterocycles. The molecule has 1 unspecified atom stereocenters. The largest absolute Gasteiger partial charge is 0.487 e. The van der Waals surface area contributed by atoms with Crippen LogP contribution in [0.1, 0.15) is 12.8 Å². The second-order valence-corrected chi connectivity index (χ2v) is 6.61. The standard InChI is InChI=1S/C16H23ClN4O2/c1-19-7-9-20(10-8-19)16(22)21-6-2-3-13(12-21)23-15-4-5-18-11-14(15)17/h4-5,11,13H,2-3,6-10,12H2,1H3. The van der Waals surface area contributed by atoms with Gasteiger partial charge in [-0.3, -0.25) is 4.98 Å². The van der Waals surface area contributed by atoms with Crippen molar-refractivity contribution >= 4 is 17.6 Å². The lowest BCUT2D eigenvalue weighted by Crippen LogP contribution is -2.54. The minimum atomic E-state index is -0.0138. The number of piperazine rings is 1. The highest BCUT2D eigenvalue weighted by atomic mass is 35.5. The van der Waals surface area contributed by atoms with Crippen LogP contribution in [0.3, 0.4) is 0 Å². The molecule has 2 aliphatic heterocycles. The number of likely N-dealkylation sites (N-methyl/N-ethyl adjacent to an activating group) is 1. The Balaban J connectivity index is 1.57. The van der Waals surface area contributed by atoms with Crippen LogP contribution in [-0.4, -0.2) is 78.1 Å². The van der Waals surface area contributed by atoms with Gasteiger partial charge in [0.05, 0.1) is 6.54 Å². The zero-order valence-corrected chi connectivity index (χ0v) is 14.2. The number of likely N-dealkylation sites (tertiary alicyclic amines) is 1. The fourth-order valence-electron chi connectivity index (χ4n) is 3.04. The minimum Gasteiger partial charge on any atom is -0.487 e. The van der Waals surface area contributed by atoms with Gasteiger partial charge in [0, 0.05) is 51.2 Å². The molecule has 0 spiro atoms. The summed E-state index contributed by atoms with van der Waals surface area (Å²) in [4.78, 5) is 22.7. The van der Waals surface area contributed by atoms with Gasteiger partial charge in [-0.25, -0.2) is 4.79 Å². The molecule has 2 fully saturated rings. The zero-order chi connectivity index (χ0) is 16.2. The highest BCUT2D eigenvalue weighted by Crippen LogP contribution is 2.25. The third-order valence-electron chi connectivity index (χ3n) is 4.45. The average molecular weight is 339 g/mol. The fourth-order valence-corrected chi connectivity index (χ4v) is 3.21. The van der Waals surface area contributed by atoms with E-state index < -0.39 is 0 Å². The molecular weight excluding hydrogens is 316 g/mol. The second kappa shape index (κ2) is 7.36. The number of carbonyl (C=O) groups is 1. The number of aromatic nitrogens is 1. The van der Waals surface area contributed by atoms with Crippen LogP contribution in [0.2, 0.25) is 5.02 Å². The van der Waals surface area contributed by atoms with Gasteiger partial charge >= 0.3 is 6.03 Å². The maximum absolute atomic E-state index is 12.7. The van der Waals surface area contributed by atoms with Gasteiger partial charge in [0.25, 0.3) is 0 Å². The Hall–Kier alpha value is -1.53. The minimum absolute atomic E-state index is 0.0138. The topological polar surface area (TPSA) is 48.9 Å². The lowest BCUT2D eigenvalue weighted by Gasteiger charge is -2.39. The van der Waals surface area contributed by atoms with Crippen LogP contribution in [0, 0.1) is 0 Å². The molecule has 7 heteroatoms. The number of rotatable bonds is 2. The molecule has 3 heterocycles. The molecule has 23 heavy (non-hydrogen) atoms. The first kappa shape index (κ1) is 16.3. The quantitative estimate of drug-likeness (QED) is 0.827. The molecular formula is C16H23ClN4O2. The molecule has 2 saturated heterocycles. The van der Waals surface area contributed by atoms with Gasteiger partial charge in [0.1, 0.15) is 16.9 Å². The molecule has 126 valence electrons. The monoisotopic (exact) mass is 338 g/mol. The smallest absolute Gasteiger partial charge is 0.320 e. The predicted molar refractivity (Wildman–Crippen MR) is 88.9 cm³/mol. The third kappa shape index (κ3) is 4.06. The first-order valence-corrected chi connectivity index (χ1v) is 8.50. The van der Waals surface area contributed by atoms with Gasteiger partial charge in [-0.05, 0) is 19.9 Å². The number of urea groups is 1. The van der Waals surface area contributed by atoms with E-state index in [2.05, 4.69) is 16.9 Å². The summed E-state index contributed by atoms with van der Waals surface area (Å²) in [6.07, 6.45) is 5.11. The molecule has 2 amide bonds. The van der Waals surface area contributed by atoms with Crippen LogP contribution in [-0.2, 0) is 0 Å². The maximum Gasteiger partial charge on any atom is 0.320 e. The number of hydrogen-bond acceptors (Lipinski definition) is 4. The van der Waals surface area contributed by atoms with Crippen molar-refractivity contribution in [3.05, 3.63) is 23.5 Å². The average Bonchev–Trinajstić information content (AvgIpc) is 2.57. The molecule has 0 bridgehead atoms. The SMILES string of the molecule is CN1CCN(C(=O)N2CCCC(Oc3ccncc3Cl)C2)CC1. The van der Waals surface area contributed by atoms with Gasteiger partial charge in [0.15, 0.2) is 0 Å². The summed E-state index contributed by atoms with van der Waals surface area (Å²) in [5.74, 6) is 0.639. The second-order valence-electron chi connectivity index (χ2n) is 6.21. The Labute approximate surface area is 142 Å². The van der Waals surface area contributed by atoms with Crippen LogP contribution in [0.4, 0.5) is 4.79 Å². The lowest BCUT2D eigenvalue weighted by molar-refractivity contribution is 0.0752. The molecule has 6 nitrogen and oxygen atoms in total. The van der Waals surface area contributed by atoms with Crippen LogP contribution >= 0.6 is 11.6 Å². The summed E-state index contributed by atoms with van der Waals surface area (Å²) in [6, 6.07) is 1.90. The summed E-state index contributed by atoms with van der Waals surface area (Å²) in [5, 5.41) is 0.509. The zero-order valence-electron chi connectivity index (χ0n) is 13.4. The van der Waals surface area contributed by atoms with E-state index in [1.54, 1.807) is 18.5 Å². The van der Waals surface area contributed by atoms with E-state index in [9.17, 15) is 4.79 Å². The molecule has 0 N–H and O–H groups in total. The van der Waals surface area contributed by atoms with Gasteiger partial charge in [0.2, 0.25) is 0 Å². The van der Waals surface area contributed by atoms with Crippen molar-refractivity contribution in [1.82, 2.24) is 19.7 Å². The van der Waals surface area contributed by atoms with Crippen LogP contribution in [0.25, 0.3) is 0 Å². The molecule has 3 rings (SSSR count). The molecule has 1 atom stereocenters. The number of amides is 2. The Morgan fingerprint density at radius 3 is 2.78 bits per heavy atom. The van der Waals surface area contributed by atoms with Crippen LogP contribution < -0.4 is 4.74 Å². The number of hydrogen-bond donors (Lipinski definition) is 0. The van der Waals surface area contributed by atoms with Crippen LogP contribution in [0.5, 0.6) is 5.75 Å². The van der Waals surface area contributed by atoms with E-state index in [0.29, 0.717) is 17.3 Å². The van der Waals surface area contributed by atoms with Crippen molar-refractivity contribution in [2.24, 2.45) is 0 Å². The number of ether oxygens (including phenoxy) is 1. The van der Waals surface area contributed by atoms with Gasteiger partial charge in [-0.15, -0.1) is 0 Å². The highest BCUT2D eigenvalue weighted by Gasteiger charge is 2.29. The van der Waals surface area contributed by atoms with Crippen molar-refractivity contribution in [3.63, 3.8) is 0 Å². The number of pyridine rings is 1. The number of halogens is 1. The molecule has 0 saturated carbocycles. The Morgan fingerprint density at radius 2 is 2.04 bits per heavy atom. The Bertz CT molecular complexity index is 549. The fraction of sp³-hybridized carbons (Fsp3) is 0.625. The number of nitrogens with zero attached hydrogens (tertiary/aromatic N) is 4. The van der Waals surface area contributed by atoms with Crippen molar-refractivity contribution in [2.45, 2.75) is 18.9 Å². The normalized spacial score (nSPS) is 23.0. The van der Waals surface area contributed by atoms with E-state index >= 15 is 0 Å². The van der Waals surface area contributed by atoms with E-state index in [1.807, 2.05) is 9.80 Å².